The number of hydrogen-bond donors (Lipinski definition) is 1. The van der Waals surface area contributed by atoms with Gasteiger partial charge in [-0.2, -0.15) is 5.26 Å². The molecule has 0 fully saturated rings. The van der Waals surface area contributed by atoms with E-state index in [9.17, 15) is 4.79 Å². The number of hydrogen-bond acceptors (Lipinski definition) is 3. The van der Waals surface area contributed by atoms with Crippen LogP contribution < -0.4 is 4.74 Å². The van der Waals surface area contributed by atoms with Crippen LogP contribution in [0.1, 0.15) is 24.8 Å². The summed E-state index contributed by atoms with van der Waals surface area (Å²) in [5.74, 6) is -0.266. The van der Waals surface area contributed by atoms with Gasteiger partial charge >= 0.3 is 5.97 Å². The summed E-state index contributed by atoms with van der Waals surface area (Å²) in [6, 6.07) is 7.25. The minimum absolute atomic E-state index is 0.148. The second-order valence-corrected chi connectivity index (χ2v) is 4.37. The first kappa shape index (κ1) is 13.5. The lowest BCUT2D eigenvalue weighted by molar-refractivity contribution is -0.137. The number of benzene rings is 1. The van der Waals surface area contributed by atoms with Gasteiger partial charge in [-0.25, -0.2) is 0 Å². The molecule has 1 aromatic carbocycles. The van der Waals surface area contributed by atoms with E-state index in [1.807, 2.05) is 6.07 Å². The van der Waals surface area contributed by atoms with E-state index in [4.69, 9.17) is 15.1 Å². The molecule has 0 saturated carbocycles. The van der Waals surface area contributed by atoms with Crippen molar-refractivity contribution in [2.45, 2.75) is 19.3 Å². The fourth-order valence-corrected chi connectivity index (χ4v) is 1.64. The summed E-state index contributed by atoms with van der Waals surface area (Å²) < 4.78 is 6.25. The van der Waals surface area contributed by atoms with Gasteiger partial charge in [0, 0.05) is 10.9 Å². The number of halogens is 1. The van der Waals surface area contributed by atoms with Gasteiger partial charge in [-0.3, -0.25) is 4.79 Å². The number of aliphatic carboxylic acids is 1. The van der Waals surface area contributed by atoms with Crippen molar-refractivity contribution < 1.29 is 14.6 Å². The summed E-state index contributed by atoms with van der Waals surface area (Å²) in [4.78, 5) is 10.3. The van der Waals surface area contributed by atoms with Gasteiger partial charge in [0.15, 0.2) is 0 Å². The molecule has 0 aliphatic carbocycles. The molecule has 0 aliphatic heterocycles. The summed E-state index contributed by atoms with van der Waals surface area (Å²) in [6.45, 7) is 0.420. The van der Waals surface area contributed by atoms with Gasteiger partial charge < -0.3 is 9.84 Å². The zero-order valence-corrected chi connectivity index (χ0v) is 10.7. The molecule has 0 unspecified atom stereocenters. The smallest absolute Gasteiger partial charge is 0.303 e. The van der Waals surface area contributed by atoms with Crippen molar-refractivity contribution in [3.8, 4) is 11.8 Å². The zero-order chi connectivity index (χ0) is 12.7. The highest BCUT2D eigenvalue weighted by Gasteiger charge is 2.04. The lowest BCUT2D eigenvalue weighted by Gasteiger charge is -2.07. The van der Waals surface area contributed by atoms with E-state index < -0.39 is 5.97 Å². The molecule has 0 heterocycles. The summed E-state index contributed by atoms with van der Waals surface area (Å²) in [6.07, 6.45) is 1.38. The molecular weight excluding hydrogens is 286 g/mol. The Morgan fingerprint density at radius 3 is 2.88 bits per heavy atom. The van der Waals surface area contributed by atoms with E-state index in [-0.39, 0.29) is 6.42 Å². The van der Waals surface area contributed by atoms with Gasteiger partial charge in [0.05, 0.1) is 12.2 Å². The highest BCUT2D eigenvalue weighted by molar-refractivity contribution is 9.10. The molecule has 5 heteroatoms. The van der Waals surface area contributed by atoms with E-state index in [1.54, 1.807) is 18.2 Å². The second-order valence-electron chi connectivity index (χ2n) is 3.45. The molecule has 1 N–H and O–H groups in total. The third kappa shape index (κ3) is 4.87. The Labute approximate surface area is 108 Å². The van der Waals surface area contributed by atoms with Crippen molar-refractivity contribution in [3.63, 3.8) is 0 Å². The van der Waals surface area contributed by atoms with Crippen LogP contribution >= 0.6 is 15.9 Å². The minimum atomic E-state index is -0.800. The Kier molecular flexibility index (Phi) is 5.50. The Bertz CT molecular complexity index is 440. The number of rotatable bonds is 6. The molecule has 0 amide bonds. The average Bonchev–Trinajstić information content (AvgIpc) is 2.29. The first-order valence-corrected chi connectivity index (χ1v) is 5.97. The van der Waals surface area contributed by atoms with E-state index >= 15 is 0 Å². The minimum Gasteiger partial charge on any atom is -0.492 e. The third-order valence-electron chi connectivity index (χ3n) is 2.10. The Balaban J connectivity index is 2.42. The van der Waals surface area contributed by atoms with Crippen LogP contribution in [-0.2, 0) is 4.79 Å². The molecule has 0 spiro atoms. The largest absolute Gasteiger partial charge is 0.492 e. The van der Waals surface area contributed by atoms with Crippen molar-refractivity contribution in [2.75, 3.05) is 6.61 Å². The maximum atomic E-state index is 10.3. The van der Waals surface area contributed by atoms with E-state index in [0.717, 1.165) is 4.47 Å². The number of carboxylic acids is 1. The van der Waals surface area contributed by atoms with Crippen LogP contribution in [0, 0.1) is 11.3 Å². The normalized spacial score (nSPS) is 9.65. The third-order valence-corrected chi connectivity index (χ3v) is 2.60. The van der Waals surface area contributed by atoms with Crippen LogP contribution in [0.25, 0.3) is 0 Å². The monoisotopic (exact) mass is 297 g/mol. The molecule has 0 aliphatic rings. The number of carbonyl (C=O) groups is 1. The Morgan fingerprint density at radius 2 is 2.24 bits per heavy atom. The van der Waals surface area contributed by atoms with Crippen LogP contribution in [0.2, 0.25) is 0 Å². The first-order valence-electron chi connectivity index (χ1n) is 5.17. The summed E-state index contributed by atoms with van der Waals surface area (Å²) in [5.41, 5.74) is 0.470. The highest BCUT2D eigenvalue weighted by Crippen LogP contribution is 2.22. The van der Waals surface area contributed by atoms with Crippen LogP contribution in [0.15, 0.2) is 22.7 Å². The second kappa shape index (κ2) is 6.92. The van der Waals surface area contributed by atoms with Gasteiger partial charge in [0.1, 0.15) is 11.8 Å². The average molecular weight is 298 g/mol. The summed E-state index contributed by atoms with van der Waals surface area (Å²) >= 11 is 3.27. The number of unbranched alkanes of at least 4 members (excludes halogenated alkanes) is 1. The highest BCUT2D eigenvalue weighted by atomic mass is 79.9. The van der Waals surface area contributed by atoms with Crippen LogP contribution in [0.5, 0.6) is 5.75 Å². The van der Waals surface area contributed by atoms with Crippen LogP contribution in [-0.4, -0.2) is 17.7 Å². The summed E-state index contributed by atoms with van der Waals surface area (Å²) in [7, 11) is 0. The molecule has 0 radical (unpaired) electrons. The van der Waals surface area contributed by atoms with Crippen molar-refractivity contribution in [1.82, 2.24) is 0 Å². The molecule has 0 bridgehead atoms. The maximum absolute atomic E-state index is 10.3. The zero-order valence-electron chi connectivity index (χ0n) is 9.15. The Hall–Kier alpha value is -1.54. The van der Waals surface area contributed by atoms with Crippen LogP contribution in [0.3, 0.4) is 0 Å². The first-order chi connectivity index (χ1) is 8.13. The van der Waals surface area contributed by atoms with E-state index in [1.165, 1.54) is 0 Å². The summed E-state index contributed by atoms with van der Waals surface area (Å²) in [5, 5.41) is 17.3. The fraction of sp³-hybridized carbons (Fsp3) is 0.333. The van der Waals surface area contributed by atoms with Crippen molar-refractivity contribution in [1.29, 1.82) is 5.26 Å². The van der Waals surface area contributed by atoms with E-state index in [0.29, 0.717) is 30.8 Å². The number of carboxylic acid groups (broad SMARTS) is 1. The molecule has 90 valence electrons. The predicted molar refractivity (Wildman–Crippen MR) is 65.8 cm³/mol. The predicted octanol–water partition coefficient (Wildman–Crippen LogP) is 2.95. The van der Waals surface area contributed by atoms with Gasteiger partial charge in [-0.15, -0.1) is 0 Å². The molecule has 1 aromatic rings. The number of nitriles is 1. The van der Waals surface area contributed by atoms with Crippen molar-refractivity contribution in [2.24, 2.45) is 0 Å². The fourth-order valence-electron chi connectivity index (χ4n) is 1.28. The maximum Gasteiger partial charge on any atom is 0.303 e. The van der Waals surface area contributed by atoms with E-state index in [2.05, 4.69) is 15.9 Å². The quantitative estimate of drug-likeness (QED) is 0.820. The SMILES string of the molecule is N#Cc1cc(Br)ccc1OCCCCC(=O)O. The van der Waals surface area contributed by atoms with Crippen molar-refractivity contribution in [3.05, 3.63) is 28.2 Å². The van der Waals surface area contributed by atoms with Gasteiger partial charge in [-0.05, 0) is 31.0 Å². The molecular formula is C12H12BrNO3. The van der Waals surface area contributed by atoms with Gasteiger partial charge in [-0.1, -0.05) is 15.9 Å². The lowest BCUT2D eigenvalue weighted by Crippen LogP contribution is -2.01. The molecule has 17 heavy (non-hydrogen) atoms. The molecule has 4 nitrogen and oxygen atoms in total. The number of ether oxygens (including phenoxy) is 1. The molecule has 0 atom stereocenters. The van der Waals surface area contributed by atoms with Gasteiger partial charge in [0.2, 0.25) is 0 Å². The van der Waals surface area contributed by atoms with Crippen molar-refractivity contribution >= 4 is 21.9 Å². The molecule has 0 saturated heterocycles. The topological polar surface area (TPSA) is 70.3 Å². The standard InChI is InChI=1S/C12H12BrNO3/c13-10-4-5-11(9(7-10)8-14)17-6-2-1-3-12(15)16/h4-5,7H,1-3,6H2,(H,15,16). The molecule has 1 rings (SSSR count). The van der Waals surface area contributed by atoms with Gasteiger partial charge in [0.25, 0.3) is 0 Å². The number of nitrogens with zero attached hydrogens (tertiary/aromatic N) is 1. The molecule has 0 aromatic heterocycles. The van der Waals surface area contributed by atoms with Crippen LogP contribution in [0.4, 0.5) is 0 Å². The Morgan fingerprint density at radius 1 is 1.47 bits per heavy atom. The lowest BCUT2D eigenvalue weighted by atomic mass is 10.2.